The van der Waals surface area contributed by atoms with Gasteiger partial charge in [0.15, 0.2) is 11.5 Å². The molecule has 0 saturated heterocycles. The Labute approximate surface area is 167 Å². The molecule has 2 aromatic carbocycles. The summed E-state index contributed by atoms with van der Waals surface area (Å²) in [6.45, 7) is 3.51. The number of hydrogen-bond donors (Lipinski definition) is 1. The summed E-state index contributed by atoms with van der Waals surface area (Å²) in [5.74, 6) is 2.05. The van der Waals surface area contributed by atoms with Crippen LogP contribution < -0.4 is 19.5 Å². The number of benzene rings is 2. The van der Waals surface area contributed by atoms with E-state index in [-0.39, 0.29) is 11.9 Å². The maximum atomic E-state index is 12.7. The first-order valence-corrected chi connectivity index (χ1v) is 9.50. The summed E-state index contributed by atoms with van der Waals surface area (Å²) >= 11 is 3.48. The van der Waals surface area contributed by atoms with E-state index in [1.54, 1.807) is 13.2 Å². The lowest BCUT2D eigenvalue weighted by atomic mass is 10.1. The maximum Gasteiger partial charge on any atom is 0.241 e. The lowest BCUT2D eigenvalue weighted by Gasteiger charge is -2.25. The molecule has 6 nitrogen and oxygen atoms in total. The van der Waals surface area contributed by atoms with Crippen molar-refractivity contribution in [1.82, 2.24) is 4.90 Å². The summed E-state index contributed by atoms with van der Waals surface area (Å²) in [6, 6.07) is 10.9. The Kier molecular flexibility index (Phi) is 6.23. The van der Waals surface area contributed by atoms with Gasteiger partial charge in [-0.2, -0.15) is 0 Å². The second-order valence-corrected chi connectivity index (χ2v) is 7.31. The fourth-order valence-corrected chi connectivity index (χ4v) is 3.25. The molecule has 0 spiro atoms. The third kappa shape index (κ3) is 4.73. The molecule has 1 aliphatic rings. The quantitative estimate of drug-likeness (QED) is 0.750. The van der Waals surface area contributed by atoms with Gasteiger partial charge in [0.05, 0.1) is 13.2 Å². The number of ether oxygens (including phenoxy) is 3. The number of carbonyl (C=O) groups excluding carboxylic acids is 1. The highest BCUT2D eigenvalue weighted by atomic mass is 79.9. The summed E-state index contributed by atoms with van der Waals surface area (Å²) in [5.41, 5.74) is 1.69. The van der Waals surface area contributed by atoms with Gasteiger partial charge in [-0.25, -0.2) is 0 Å². The minimum atomic E-state index is -0.332. The zero-order chi connectivity index (χ0) is 19.4. The Balaban J connectivity index is 1.65. The van der Waals surface area contributed by atoms with Crippen molar-refractivity contribution in [1.29, 1.82) is 0 Å². The molecule has 2 aromatic rings. The SMILES string of the molecule is COc1ccc(Br)cc1CN(C)[C@H](C)C(=O)Nc1ccc2c(c1)OCCO2. The number of carbonyl (C=O) groups is 1. The lowest BCUT2D eigenvalue weighted by molar-refractivity contribution is -0.120. The van der Waals surface area contributed by atoms with Gasteiger partial charge in [0.2, 0.25) is 5.91 Å². The number of anilines is 1. The Morgan fingerprint density at radius 1 is 1.22 bits per heavy atom. The van der Waals surface area contributed by atoms with Crippen LogP contribution in [0.1, 0.15) is 12.5 Å². The molecule has 0 bridgehead atoms. The van der Waals surface area contributed by atoms with Gasteiger partial charge in [0.1, 0.15) is 19.0 Å². The second-order valence-electron chi connectivity index (χ2n) is 6.39. The Morgan fingerprint density at radius 2 is 1.96 bits per heavy atom. The predicted octanol–water partition coefficient (Wildman–Crippen LogP) is 3.69. The highest BCUT2D eigenvalue weighted by molar-refractivity contribution is 9.10. The number of rotatable bonds is 6. The van der Waals surface area contributed by atoms with Crippen LogP contribution in [0.15, 0.2) is 40.9 Å². The van der Waals surface area contributed by atoms with Crippen LogP contribution in [0.3, 0.4) is 0 Å². The molecule has 144 valence electrons. The molecule has 1 amide bonds. The van der Waals surface area contributed by atoms with Crippen LogP contribution in [0.25, 0.3) is 0 Å². The minimum absolute atomic E-state index is 0.0943. The molecule has 3 rings (SSSR count). The first-order chi connectivity index (χ1) is 13.0. The van der Waals surface area contributed by atoms with Gasteiger partial charge >= 0.3 is 0 Å². The van der Waals surface area contributed by atoms with Crippen molar-refractivity contribution in [2.24, 2.45) is 0 Å². The molecule has 0 saturated carbocycles. The molecule has 1 atom stereocenters. The van der Waals surface area contributed by atoms with Crippen LogP contribution in [0.2, 0.25) is 0 Å². The fraction of sp³-hybridized carbons (Fsp3) is 0.350. The van der Waals surface area contributed by atoms with Crippen molar-refractivity contribution in [3.8, 4) is 17.2 Å². The van der Waals surface area contributed by atoms with E-state index >= 15 is 0 Å². The normalized spacial score (nSPS) is 14.0. The predicted molar refractivity (Wildman–Crippen MR) is 108 cm³/mol. The number of likely N-dealkylation sites (N-methyl/N-ethyl adjacent to an activating group) is 1. The van der Waals surface area contributed by atoms with E-state index in [1.165, 1.54) is 0 Å². The standard InChI is InChI=1S/C20H23BrN2O4/c1-13(23(2)12-14-10-15(21)4-6-17(14)25-3)20(24)22-16-5-7-18-19(11-16)27-9-8-26-18/h4-7,10-11,13H,8-9,12H2,1-3H3,(H,22,24)/t13-/m1/s1. The molecular weight excluding hydrogens is 412 g/mol. The molecule has 0 unspecified atom stereocenters. The van der Waals surface area contributed by atoms with Crippen LogP contribution in [0, 0.1) is 0 Å². The molecule has 27 heavy (non-hydrogen) atoms. The molecule has 1 aliphatic heterocycles. The van der Waals surface area contributed by atoms with Crippen molar-refractivity contribution in [3.63, 3.8) is 0 Å². The highest BCUT2D eigenvalue weighted by Gasteiger charge is 2.20. The van der Waals surface area contributed by atoms with Gasteiger partial charge in [0.25, 0.3) is 0 Å². The molecule has 0 fully saturated rings. The van der Waals surface area contributed by atoms with Gasteiger partial charge in [-0.3, -0.25) is 9.69 Å². The van der Waals surface area contributed by atoms with Crippen LogP contribution in [0.4, 0.5) is 5.69 Å². The second kappa shape index (κ2) is 8.63. The van der Waals surface area contributed by atoms with E-state index in [4.69, 9.17) is 14.2 Å². The molecule has 1 heterocycles. The average molecular weight is 435 g/mol. The Hall–Kier alpha value is -2.25. The van der Waals surface area contributed by atoms with Crippen molar-refractivity contribution >= 4 is 27.5 Å². The van der Waals surface area contributed by atoms with Crippen molar-refractivity contribution in [3.05, 3.63) is 46.4 Å². The lowest BCUT2D eigenvalue weighted by Crippen LogP contribution is -2.39. The molecule has 0 aliphatic carbocycles. The van der Waals surface area contributed by atoms with E-state index in [1.807, 2.05) is 49.2 Å². The number of nitrogens with one attached hydrogen (secondary N) is 1. The van der Waals surface area contributed by atoms with Gasteiger partial charge in [-0.1, -0.05) is 15.9 Å². The molecular formula is C20H23BrN2O4. The third-order valence-electron chi connectivity index (χ3n) is 4.51. The van der Waals surface area contributed by atoms with Crippen LogP contribution in [-0.2, 0) is 11.3 Å². The van der Waals surface area contributed by atoms with Gasteiger partial charge in [-0.15, -0.1) is 0 Å². The van der Waals surface area contributed by atoms with Crippen LogP contribution in [-0.4, -0.2) is 44.2 Å². The van der Waals surface area contributed by atoms with Crippen LogP contribution >= 0.6 is 15.9 Å². The van der Waals surface area contributed by atoms with Gasteiger partial charge in [0, 0.05) is 28.3 Å². The number of halogens is 1. The summed E-state index contributed by atoms with van der Waals surface area (Å²) in [7, 11) is 3.55. The minimum Gasteiger partial charge on any atom is -0.496 e. The van der Waals surface area contributed by atoms with Gasteiger partial charge < -0.3 is 19.5 Å². The number of nitrogens with zero attached hydrogens (tertiary/aromatic N) is 1. The summed E-state index contributed by atoms with van der Waals surface area (Å²) in [5, 5.41) is 2.94. The van der Waals surface area contributed by atoms with Crippen molar-refractivity contribution in [2.75, 3.05) is 32.7 Å². The molecule has 0 radical (unpaired) electrons. The fourth-order valence-electron chi connectivity index (χ4n) is 2.84. The largest absolute Gasteiger partial charge is 0.496 e. The highest BCUT2D eigenvalue weighted by Crippen LogP contribution is 2.32. The summed E-state index contributed by atoms with van der Waals surface area (Å²) in [6.07, 6.45) is 0. The average Bonchev–Trinajstić information content (AvgIpc) is 2.67. The number of methoxy groups -OCH3 is 1. The Bertz CT molecular complexity index is 828. The van der Waals surface area contributed by atoms with E-state index < -0.39 is 0 Å². The van der Waals surface area contributed by atoms with Gasteiger partial charge in [-0.05, 0) is 44.3 Å². The zero-order valence-corrected chi connectivity index (χ0v) is 17.2. The molecule has 0 aromatic heterocycles. The number of amides is 1. The van der Waals surface area contributed by atoms with Crippen LogP contribution in [0.5, 0.6) is 17.2 Å². The molecule has 7 heteroatoms. The topological polar surface area (TPSA) is 60.0 Å². The monoisotopic (exact) mass is 434 g/mol. The van der Waals surface area contributed by atoms with E-state index in [0.717, 1.165) is 15.8 Å². The summed E-state index contributed by atoms with van der Waals surface area (Å²) < 4.78 is 17.5. The summed E-state index contributed by atoms with van der Waals surface area (Å²) in [4.78, 5) is 14.6. The molecule has 1 N–H and O–H groups in total. The van der Waals surface area contributed by atoms with E-state index in [9.17, 15) is 4.79 Å². The first kappa shape index (κ1) is 19.5. The first-order valence-electron chi connectivity index (χ1n) is 8.71. The Morgan fingerprint density at radius 3 is 2.70 bits per heavy atom. The maximum absolute atomic E-state index is 12.7. The number of fused-ring (bicyclic) bond motifs is 1. The van der Waals surface area contributed by atoms with E-state index in [2.05, 4.69) is 21.2 Å². The smallest absolute Gasteiger partial charge is 0.241 e. The third-order valence-corrected chi connectivity index (χ3v) is 5.01. The zero-order valence-electron chi connectivity index (χ0n) is 15.6. The van der Waals surface area contributed by atoms with E-state index in [0.29, 0.717) is 36.9 Å². The van der Waals surface area contributed by atoms with Crippen molar-refractivity contribution in [2.45, 2.75) is 19.5 Å². The van der Waals surface area contributed by atoms with Crippen molar-refractivity contribution < 1.29 is 19.0 Å². The number of hydrogen-bond acceptors (Lipinski definition) is 5.